The fourth-order valence-corrected chi connectivity index (χ4v) is 2.49. The van der Waals surface area contributed by atoms with Crippen LogP contribution in [-0.2, 0) is 0 Å². The van der Waals surface area contributed by atoms with Crippen LogP contribution in [0.3, 0.4) is 0 Å². The van der Waals surface area contributed by atoms with Gasteiger partial charge in [-0.05, 0) is 6.92 Å². The maximum atomic E-state index is 11.9. The van der Waals surface area contributed by atoms with Gasteiger partial charge in [0.15, 0.2) is 0 Å². The van der Waals surface area contributed by atoms with Crippen molar-refractivity contribution in [3.05, 3.63) is 12.2 Å². The minimum Gasteiger partial charge on any atom is -0.332 e. The Morgan fingerprint density at radius 3 is 3.29 bits per heavy atom. The van der Waals surface area contributed by atoms with Gasteiger partial charge in [-0.1, -0.05) is 0 Å². The van der Waals surface area contributed by atoms with Crippen LogP contribution in [0.5, 0.6) is 0 Å². The molecule has 1 N–H and O–H groups in total. The summed E-state index contributed by atoms with van der Waals surface area (Å²) >= 11 is 1.88. The van der Waals surface area contributed by atoms with Crippen LogP contribution < -0.4 is 0 Å². The van der Waals surface area contributed by atoms with Gasteiger partial charge in [0.2, 0.25) is 5.82 Å². The van der Waals surface area contributed by atoms with Gasteiger partial charge in [-0.2, -0.15) is 16.9 Å². The summed E-state index contributed by atoms with van der Waals surface area (Å²) in [4.78, 5) is 17.6. The third kappa shape index (κ3) is 1.75. The second-order valence-electron chi connectivity index (χ2n) is 3.26. The number of nitrogens with one attached hydrogen (secondary N) is 1. The third-order valence-corrected chi connectivity index (χ3v) is 3.44. The minimum absolute atomic E-state index is 0.0460. The van der Waals surface area contributed by atoms with E-state index in [1.54, 1.807) is 0 Å². The van der Waals surface area contributed by atoms with E-state index in [0.717, 1.165) is 18.1 Å². The number of amides is 1. The summed E-state index contributed by atoms with van der Waals surface area (Å²) < 4.78 is 0. The SMILES string of the molecule is CC1CSCCN1C(=O)c1ncn[nH]1. The molecule has 0 spiro atoms. The van der Waals surface area contributed by atoms with Gasteiger partial charge in [0.1, 0.15) is 6.33 Å². The first-order valence-electron chi connectivity index (χ1n) is 4.53. The number of hydrogen-bond acceptors (Lipinski definition) is 4. The highest BCUT2D eigenvalue weighted by Crippen LogP contribution is 2.17. The molecule has 1 atom stereocenters. The molecule has 1 amide bonds. The topological polar surface area (TPSA) is 61.9 Å². The van der Waals surface area contributed by atoms with Gasteiger partial charge in [-0.3, -0.25) is 9.89 Å². The van der Waals surface area contributed by atoms with Gasteiger partial charge >= 0.3 is 0 Å². The van der Waals surface area contributed by atoms with E-state index in [1.807, 2.05) is 16.7 Å². The van der Waals surface area contributed by atoms with Gasteiger partial charge in [0, 0.05) is 24.1 Å². The number of aromatic nitrogens is 3. The molecule has 0 aromatic carbocycles. The van der Waals surface area contributed by atoms with Gasteiger partial charge in [-0.25, -0.2) is 4.98 Å². The number of thioether (sulfide) groups is 1. The normalized spacial score (nSPS) is 22.4. The van der Waals surface area contributed by atoms with E-state index in [-0.39, 0.29) is 11.9 Å². The van der Waals surface area contributed by atoms with E-state index < -0.39 is 0 Å². The summed E-state index contributed by atoms with van der Waals surface area (Å²) in [6, 6.07) is 0.284. The maximum Gasteiger partial charge on any atom is 0.291 e. The van der Waals surface area contributed by atoms with E-state index in [9.17, 15) is 4.79 Å². The molecule has 1 fully saturated rings. The molecule has 0 saturated carbocycles. The van der Waals surface area contributed by atoms with Crippen LogP contribution in [0.2, 0.25) is 0 Å². The fraction of sp³-hybridized carbons (Fsp3) is 0.625. The number of carbonyl (C=O) groups is 1. The third-order valence-electron chi connectivity index (χ3n) is 2.25. The first kappa shape index (κ1) is 9.51. The number of rotatable bonds is 1. The van der Waals surface area contributed by atoms with Crippen molar-refractivity contribution in [3.8, 4) is 0 Å². The van der Waals surface area contributed by atoms with Gasteiger partial charge < -0.3 is 4.90 Å². The molecular weight excluding hydrogens is 200 g/mol. The lowest BCUT2D eigenvalue weighted by molar-refractivity contribution is 0.0704. The monoisotopic (exact) mass is 212 g/mol. The average molecular weight is 212 g/mol. The predicted molar refractivity (Wildman–Crippen MR) is 54.2 cm³/mol. The number of H-pyrrole nitrogens is 1. The quantitative estimate of drug-likeness (QED) is 0.731. The molecule has 0 aliphatic carbocycles. The molecule has 1 saturated heterocycles. The lowest BCUT2D eigenvalue weighted by Crippen LogP contribution is -2.44. The molecule has 76 valence electrons. The van der Waals surface area contributed by atoms with Crippen molar-refractivity contribution >= 4 is 17.7 Å². The Morgan fingerprint density at radius 2 is 2.64 bits per heavy atom. The van der Waals surface area contributed by atoms with Gasteiger partial charge in [0.25, 0.3) is 5.91 Å². The highest BCUT2D eigenvalue weighted by atomic mass is 32.2. The lowest BCUT2D eigenvalue weighted by Gasteiger charge is -2.32. The molecule has 1 unspecified atom stereocenters. The summed E-state index contributed by atoms with van der Waals surface area (Å²) in [7, 11) is 0. The zero-order valence-corrected chi connectivity index (χ0v) is 8.75. The number of carbonyl (C=O) groups excluding carboxylic acids is 1. The van der Waals surface area contributed by atoms with E-state index in [1.165, 1.54) is 6.33 Å². The Labute approximate surface area is 86.3 Å². The predicted octanol–water partition coefficient (Wildman–Crippen LogP) is 0.382. The molecule has 1 aromatic heterocycles. The Hall–Kier alpha value is -1.04. The van der Waals surface area contributed by atoms with Crippen molar-refractivity contribution in [1.29, 1.82) is 0 Å². The lowest BCUT2D eigenvalue weighted by atomic mass is 10.3. The van der Waals surface area contributed by atoms with Crippen LogP contribution in [0.25, 0.3) is 0 Å². The molecule has 1 aromatic rings. The summed E-state index contributed by atoms with van der Waals surface area (Å²) in [6.45, 7) is 2.85. The van der Waals surface area contributed by atoms with Crippen molar-refractivity contribution in [3.63, 3.8) is 0 Å². The molecule has 2 heterocycles. The Balaban J connectivity index is 2.10. The van der Waals surface area contributed by atoms with Crippen molar-refractivity contribution in [2.24, 2.45) is 0 Å². The van der Waals surface area contributed by atoms with Gasteiger partial charge in [-0.15, -0.1) is 0 Å². The summed E-state index contributed by atoms with van der Waals surface area (Å²) in [6.07, 6.45) is 1.36. The Bertz CT molecular complexity index is 313. The Morgan fingerprint density at radius 1 is 1.79 bits per heavy atom. The number of hydrogen-bond donors (Lipinski definition) is 1. The van der Waals surface area contributed by atoms with E-state index in [2.05, 4.69) is 22.1 Å². The Kier molecular flexibility index (Phi) is 2.72. The zero-order chi connectivity index (χ0) is 9.97. The van der Waals surface area contributed by atoms with Crippen molar-refractivity contribution in [1.82, 2.24) is 20.1 Å². The number of aromatic amines is 1. The zero-order valence-electron chi connectivity index (χ0n) is 7.93. The van der Waals surface area contributed by atoms with Crippen molar-refractivity contribution < 1.29 is 4.79 Å². The second-order valence-corrected chi connectivity index (χ2v) is 4.41. The minimum atomic E-state index is -0.0460. The molecule has 2 rings (SSSR count). The summed E-state index contributed by atoms with van der Waals surface area (Å²) in [5.74, 6) is 2.29. The maximum absolute atomic E-state index is 11.9. The largest absolute Gasteiger partial charge is 0.332 e. The van der Waals surface area contributed by atoms with E-state index in [0.29, 0.717) is 5.82 Å². The number of nitrogens with zero attached hydrogens (tertiary/aromatic N) is 3. The molecule has 0 bridgehead atoms. The van der Waals surface area contributed by atoms with E-state index >= 15 is 0 Å². The van der Waals surface area contributed by atoms with Crippen LogP contribution in [0, 0.1) is 0 Å². The van der Waals surface area contributed by atoms with E-state index in [4.69, 9.17) is 0 Å². The molecule has 5 nitrogen and oxygen atoms in total. The summed E-state index contributed by atoms with van der Waals surface area (Å²) in [5.41, 5.74) is 0. The fourth-order valence-electron chi connectivity index (χ4n) is 1.47. The highest BCUT2D eigenvalue weighted by Gasteiger charge is 2.25. The molecular formula is C8H12N4OS. The smallest absolute Gasteiger partial charge is 0.291 e. The first-order chi connectivity index (χ1) is 6.79. The highest BCUT2D eigenvalue weighted by molar-refractivity contribution is 7.99. The molecule has 14 heavy (non-hydrogen) atoms. The second kappa shape index (κ2) is 4.00. The first-order valence-corrected chi connectivity index (χ1v) is 5.68. The van der Waals surface area contributed by atoms with Crippen LogP contribution >= 0.6 is 11.8 Å². The van der Waals surface area contributed by atoms with Crippen LogP contribution in [0.4, 0.5) is 0 Å². The molecule has 6 heteroatoms. The molecule has 1 aliphatic rings. The van der Waals surface area contributed by atoms with Crippen molar-refractivity contribution in [2.45, 2.75) is 13.0 Å². The van der Waals surface area contributed by atoms with Crippen molar-refractivity contribution in [2.75, 3.05) is 18.1 Å². The average Bonchev–Trinajstić information content (AvgIpc) is 2.70. The van der Waals surface area contributed by atoms with Crippen LogP contribution in [-0.4, -0.2) is 50.1 Å². The summed E-state index contributed by atoms with van der Waals surface area (Å²) in [5, 5.41) is 6.27. The molecule has 0 radical (unpaired) electrons. The standard InChI is InChI=1S/C8H12N4OS/c1-6-4-14-3-2-12(6)8(13)7-9-5-10-11-7/h5-6H,2-4H2,1H3,(H,9,10,11). The molecule has 1 aliphatic heterocycles. The van der Waals surface area contributed by atoms with Crippen LogP contribution in [0.15, 0.2) is 6.33 Å². The van der Waals surface area contributed by atoms with Crippen LogP contribution in [0.1, 0.15) is 17.5 Å². The van der Waals surface area contributed by atoms with Gasteiger partial charge in [0.05, 0.1) is 0 Å².